The van der Waals surface area contributed by atoms with Crippen LogP contribution in [0.2, 0.25) is 0 Å². The summed E-state index contributed by atoms with van der Waals surface area (Å²) in [4.78, 5) is 13.5. The number of aliphatic hydroxyl groups excluding tert-OH is 4. The quantitative estimate of drug-likeness (QED) is 0.356. The van der Waals surface area contributed by atoms with E-state index in [0.717, 1.165) is 29.8 Å². The van der Waals surface area contributed by atoms with Crippen molar-refractivity contribution in [3.05, 3.63) is 30.0 Å². The number of hydrogen-bond acceptors (Lipinski definition) is 7. The van der Waals surface area contributed by atoms with Crippen molar-refractivity contribution in [1.29, 1.82) is 0 Å². The molecule has 1 heterocycles. The first-order chi connectivity index (χ1) is 11.3. The minimum atomic E-state index is -1.63. The Morgan fingerprint density at radius 1 is 1.29 bits per heavy atom. The summed E-state index contributed by atoms with van der Waals surface area (Å²) in [6.45, 7) is 1.02. The Labute approximate surface area is 139 Å². The Morgan fingerprint density at radius 3 is 2.50 bits per heavy atom. The molecule has 0 saturated heterocycles. The molecule has 0 spiro atoms. The molecule has 0 aliphatic heterocycles. The van der Waals surface area contributed by atoms with Crippen molar-refractivity contribution in [3.63, 3.8) is 0 Å². The number of H-pyrrole nitrogens is 1. The number of ketones is 1. The summed E-state index contributed by atoms with van der Waals surface area (Å²) in [6.07, 6.45) is -1.94. The molecule has 1 aromatic carbocycles. The number of carbonyl (C=O) groups excluding carboxylic acids is 1. The van der Waals surface area contributed by atoms with Crippen LogP contribution in [0.5, 0.6) is 5.75 Å². The number of nitrogens with one attached hydrogen (secondary N) is 1. The minimum Gasteiger partial charge on any atom is -0.508 e. The summed E-state index contributed by atoms with van der Waals surface area (Å²) in [6, 6.07) is 5.30. The van der Waals surface area contributed by atoms with Crippen molar-refractivity contribution in [2.45, 2.75) is 31.7 Å². The van der Waals surface area contributed by atoms with Gasteiger partial charge < -0.3 is 36.3 Å². The molecule has 0 aliphatic rings. The topological polar surface area (TPSA) is 160 Å². The number of hydrogen-bond donors (Lipinski definition) is 7. The molecule has 8 nitrogen and oxygen atoms in total. The number of aromatic nitrogens is 1. The van der Waals surface area contributed by atoms with Crippen LogP contribution in [-0.2, 0) is 11.2 Å². The molecular weight excluding hydrogens is 316 g/mol. The van der Waals surface area contributed by atoms with Gasteiger partial charge in [0.05, 0.1) is 6.61 Å². The number of benzene rings is 1. The van der Waals surface area contributed by atoms with Crippen molar-refractivity contribution in [2.75, 3.05) is 13.2 Å². The van der Waals surface area contributed by atoms with Gasteiger partial charge in [-0.15, -0.1) is 0 Å². The van der Waals surface area contributed by atoms with Crippen molar-refractivity contribution < 1.29 is 30.3 Å². The lowest BCUT2D eigenvalue weighted by Gasteiger charge is -2.18. The number of rotatable bonds is 6. The van der Waals surface area contributed by atoms with Gasteiger partial charge >= 0.3 is 0 Å². The molecule has 134 valence electrons. The zero-order valence-electron chi connectivity index (χ0n) is 13.4. The van der Waals surface area contributed by atoms with Crippen LogP contribution in [0.1, 0.15) is 12.5 Å². The van der Waals surface area contributed by atoms with Gasteiger partial charge in [0.2, 0.25) is 0 Å². The van der Waals surface area contributed by atoms with E-state index in [2.05, 4.69) is 4.98 Å². The molecule has 2 aromatic rings. The average Bonchev–Trinajstić information content (AvgIpc) is 2.95. The summed E-state index contributed by atoms with van der Waals surface area (Å²) in [5.41, 5.74) is 7.68. The molecule has 3 atom stereocenters. The van der Waals surface area contributed by atoms with E-state index in [-0.39, 0.29) is 0 Å². The normalized spacial score (nSPS) is 14.6. The van der Waals surface area contributed by atoms with Crippen LogP contribution in [-0.4, -0.2) is 67.8 Å². The molecule has 2 rings (SSSR count). The molecule has 8 N–H and O–H groups in total. The van der Waals surface area contributed by atoms with E-state index in [1.807, 2.05) is 12.3 Å². The molecule has 0 saturated carbocycles. The fourth-order valence-corrected chi connectivity index (χ4v) is 2.09. The van der Waals surface area contributed by atoms with E-state index in [4.69, 9.17) is 26.2 Å². The van der Waals surface area contributed by atoms with Gasteiger partial charge in [-0.25, -0.2) is 0 Å². The van der Waals surface area contributed by atoms with Crippen LogP contribution in [0.15, 0.2) is 24.4 Å². The Kier molecular flexibility index (Phi) is 7.83. The highest BCUT2D eigenvalue weighted by molar-refractivity contribution is 5.84. The molecule has 0 radical (unpaired) electrons. The first-order valence-electron chi connectivity index (χ1n) is 7.46. The van der Waals surface area contributed by atoms with Crippen LogP contribution >= 0.6 is 0 Å². The molecule has 0 amide bonds. The number of aromatic hydroxyl groups is 1. The lowest BCUT2D eigenvalue weighted by Crippen LogP contribution is -2.42. The monoisotopic (exact) mass is 340 g/mol. The number of phenols is 1. The highest BCUT2D eigenvalue weighted by Crippen LogP contribution is 2.22. The predicted molar refractivity (Wildman–Crippen MR) is 88.5 cm³/mol. The SMILES string of the molecule is CC(=O)C(O)C(O)C(O)CO.NCCc1c[nH]c2ccc(O)cc12. The molecule has 24 heavy (non-hydrogen) atoms. The Morgan fingerprint density at radius 2 is 1.96 bits per heavy atom. The Hall–Kier alpha value is -1.97. The van der Waals surface area contributed by atoms with Crippen LogP contribution in [0, 0.1) is 0 Å². The second-order valence-electron chi connectivity index (χ2n) is 5.38. The minimum absolute atomic E-state index is 0.297. The van der Waals surface area contributed by atoms with Crippen molar-refractivity contribution in [2.24, 2.45) is 5.73 Å². The second-order valence-corrected chi connectivity index (χ2v) is 5.38. The zero-order valence-corrected chi connectivity index (χ0v) is 13.4. The van der Waals surface area contributed by atoms with E-state index in [1.165, 1.54) is 0 Å². The van der Waals surface area contributed by atoms with Crippen molar-refractivity contribution >= 4 is 16.7 Å². The summed E-state index contributed by atoms with van der Waals surface area (Å²) in [7, 11) is 0. The van der Waals surface area contributed by atoms with Gasteiger partial charge in [0.1, 0.15) is 24.1 Å². The van der Waals surface area contributed by atoms with Crippen molar-refractivity contribution in [1.82, 2.24) is 4.98 Å². The summed E-state index contributed by atoms with van der Waals surface area (Å²) in [5.74, 6) is -0.352. The van der Waals surface area contributed by atoms with Crippen LogP contribution in [0.4, 0.5) is 0 Å². The molecule has 0 aliphatic carbocycles. The average molecular weight is 340 g/mol. The zero-order chi connectivity index (χ0) is 18.3. The van der Waals surface area contributed by atoms with Crippen LogP contribution in [0.3, 0.4) is 0 Å². The molecular formula is C16H24N2O6. The standard InChI is InChI=1S/C10H12N2O.C6H12O5/c11-4-3-7-6-12-10-2-1-8(13)5-9(7)10;1-3(8)5(10)6(11)4(9)2-7/h1-2,5-6,12-13H,3-4,11H2;4-7,9-11H,2H2,1H3. The molecule has 8 heteroatoms. The first-order valence-corrected chi connectivity index (χ1v) is 7.46. The van der Waals surface area contributed by atoms with Gasteiger partial charge in [0.15, 0.2) is 5.78 Å². The van der Waals surface area contributed by atoms with E-state index >= 15 is 0 Å². The number of fused-ring (bicyclic) bond motifs is 1. The third-order valence-electron chi connectivity index (χ3n) is 3.49. The third kappa shape index (κ3) is 5.29. The number of aromatic amines is 1. The molecule has 1 aromatic heterocycles. The maximum Gasteiger partial charge on any atom is 0.160 e. The predicted octanol–water partition coefficient (Wildman–Crippen LogP) is -0.975. The van der Waals surface area contributed by atoms with E-state index < -0.39 is 30.7 Å². The van der Waals surface area contributed by atoms with Gasteiger partial charge in [-0.05, 0) is 43.7 Å². The van der Waals surface area contributed by atoms with Gasteiger partial charge in [-0.1, -0.05) is 0 Å². The van der Waals surface area contributed by atoms with E-state index in [1.54, 1.807) is 12.1 Å². The van der Waals surface area contributed by atoms with Gasteiger partial charge in [0.25, 0.3) is 0 Å². The fraction of sp³-hybridized carbons (Fsp3) is 0.438. The van der Waals surface area contributed by atoms with Gasteiger partial charge in [0, 0.05) is 17.1 Å². The summed E-state index contributed by atoms with van der Waals surface area (Å²) < 4.78 is 0. The maximum atomic E-state index is 10.4. The number of aliphatic hydroxyl groups is 4. The second kappa shape index (κ2) is 9.36. The number of Topliss-reactive ketones (excluding diaryl/α,β-unsaturated/α-hetero) is 1. The summed E-state index contributed by atoms with van der Waals surface area (Å²) >= 11 is 0. The van der Waals surface area contributed by atoms with E-state index in [0.29, 0.717) is 12.3 Å². The lowest BCUT2D eigenvalue weighted by atomic mass is 10.1. The summed E-state index contributed by atoms with van der Waals surface area (Å²) in [5, 5.41) is 45.1. The number of carbonyl (C=O) groups is 1. The highest BCUT2D eigenvalue weighted by Gasteiger charge is 2.26. The largest absolute Gasteiger partial charge is 0.508 e. The van der Waals surface area contributed by atoms with Crippen LogP contribution < -0.4 is 5.73 Å². The van der Waals surface area contributed by atoms with Gasteiger partial charge in [-0.3, -0.25) is 4.79 Å². The smallest absolute Gasteiger partial charge is 0.160 e. The molecule has 0 bridgehead atoms. The maximum absolute atomic E-state index is 10.4. The molecule has 0 fully saturated rings. The van der Waals surface area contributed by atoms with Crippen molar-refractivity contribution in [3.8, 4) is 5.75 Å². The van der Waals surface area contributed by atoms with E-state index in [9.17, 15) is 9.90 Å². The molecule has 3 unspecified atom stereocenters. The highest BCUT2D eigenvalue weighted by atomic mass is 16.4. The van der Waals surface area contributed by atoms with Gasteiger partial charge in [-0.2, -0.15) is 0 Å². The van der Waals surface area contributed by atoms with Crippen LogP contribution in [0.25, 0.3) is 10.9 Å². The first kappa shape index (κ1) is 20.1. The number of nitrogens with two attached hydrogens (primary N) is 1. The fourth-order valence-electron chi connectivity index (χ4n) is 2.09. The Bertz CT molecular complexity index is 657. The Balaban J connectivity index is 0.000000245. The number of phenolic OH excluding ortho intramolecular Hbond substituents is 1. The lowest BCUT2D eigenvalue weighted by molar-refractivity contribution is -0.137. The third-order valence-corrected chi connectivity index (χ3v) is 3.49.